The monoisotopic (exact) mass is 470 g/mol. The first-order valence-corrected chi connectivity index (χ1v) is 10.7. The molecule has 11 heteroatoms. The minimum Gasteiger partial charge on any atom is -0.454 e. The molecule has 0 unspecified atom stereocenters. The molecule has 6 rings (SSSR count). The van der Waals surface area contributed by atoms with E-state index in [1.807, 2.05) is 6.07 Å². The maximum atomic E-state index is 13.3. The van der Waals surface area contributed by atoms with Crippen molar-refractivity contribution in [3.63, 3.8) is 0 Å². The first kappa shape index (κ1) is 20.7. The number of nitrogens with one attached hydrogen (secondary N) is 2. The molecule has 1 aliphatic heterocycles. The number of fused-ring (bicyclic) bond motifs is 3. The van der Waals surface area contributed by atoms with Gasteiger partial charge < -0.3 is 23.9 Å². The molecule has 5 heterocycles. The van der Waals surface area contributed by atoms with Gasteiger partial charge in [0.2, 0.25) is 6.79 Å². The fourth-order valence-corrected chi connectivity index (χ4v) is 4.04. The Labute approximate surface area is 196 Å². The number of aryl methyl sites for hydroxylation is 1. The summed E-state index contributed by atoms with van der Waals surface area (Å²) in [4.78, 5) is 31.1. The number of anilines is 1. The fourth-order valence-electron chi connectivity index (χ4n) is 4.04. The van der Waals surface area contributed by atoms with Gasteiger partial charge >= 0.3 is 0 Å². The van der Waals surface area contributed by atoms with Crippen LogP contribution in [0.4, 0.5) is 5.82 Å². The number of nitrogens with zero attached hydrogens (tertiary/aromatic N) is 4. The van der Waals surface area contributed by atoms with Crippen LogP contribution in [0.2, 0.25) is 0 Å². The molecule has 0 fully saturated rings. The van der Waals surface area contributed by atoms with Crippen LogP contribution in [0.25, 0.3) is 16.7 Å². The van der Waals surface area contributed by atoms with Crippen molar-refractivity contribution in [3.05, 3.63) is 87.5 Å². The lowest BCUT2D eigenvalue weighted by Gasteiger charge is -2.15. The summed E-state index contributed by atoms with van der Waals surface area (Å²) >= 11 is 0. The maximum absolute atomic E-state index is 13.3. The van der Waals surface area contributed by atoms with Gasteiger partial charge in [-0.05, 0) is 42.8 Å². The second-order valence-corrected chi connectivity index (χ2v) is 8.04. The van der Waals surface area contributed by atoms with Gasteiger partial charge in [0.15, 0.2) is 17.3 Å². The van der Waals surface area contributed by atoms with Crippen molar-refractivity contribution in [2.45, 2.75) is 13.5 Å². The number of rotatable bonds is 4. The minimum atomic E-state index is -0.595. The fraction of sp³-hybridized carbons (Fsp3) is 0.125. The van der Waals surface area contributed by atoms with E-state index in [0.717, 1.165) is 5.56 Å². The molecule has 1 aromatic carbocycles. The Balaban J connectivity index is 1.55. The molecule has 174 valence electrons. The van der Waals surface area contributed by atoms with Gasteiger partial charge in [0.25, 0.3) is 11.5 Å². The molecule has 5 aromatic rings. The molecule has 11 nitrogen and oxygen atoms in total. The molecule has 2 N–H and O–H groups in total. The van der Waals surface area contributed by atoms with Gasteiger partial charge in [-0.15, -0.1) is 0 Å². The number of aromatic nitrogens is 4. The molecular weight excluding hydrogens is 452 g/mol. The molecular formula is C24H18N6O5. The highest BCUT2D eigenvalue weighted by Crippen LogP contribution is 2.32. The van der Waals surface area contributed by atoms with E-state index >= 15 is 0 Å². The largest absolute Gasteiger partial charge is 0.454 e. The third kappa shape index (κ3) is 3.50. The van der Waals surface area contributed by atoms with E-state index in [2.05, 4.69) is 15.5 Å². The summed E-state index contributed by atoms with van der Waals surface area (Å²) < 4.78 is 18.8. The van der Waals surface area contributed by atoms with Gasteiger partial charge in [0.05, 0.1) is 17.5 Å². The molecule has 0 radical (unpaired) electrons. The van der Waals surface area contributed by atoms with Crippen LogP contribution in [-0.4, -0.2) is 31.8 Å². The number of carbonyl (C=O) groups excluding carboxylic acids is 1. The van der Waals surface area contributed by atoms with Crippen molar-refractivity contribution in [1.82, 2.24) is 19.1 Å². The van der Waals surface area contributed by atoms with Crippen molar-refractivity contribution in [2.24, 2.45) is 0 Å². The van der Waals surface area contributed by atoms with Crippen LogP contribution in [0.3, 0.4) is 0 Å². The summed E-state index contributed by atoms with van der Waals surface area (Å²) in [6, 6.07) is 13.6. The summed E-state index contributed by atoms with van der Waals surface area (Å²) in [6.07, 6.45) is 1.61. The second kappa shape index (κ2) is 7.83. The third-order valence-electron chi connectivity index (χ3n) is 5.71. The van der Waals surface area contributed by atoms with E-state index < -0.39 is 5.91 Å². The number of amides is 1. The van der Waals surface area contributed by atoms with Crippen molar-refractivity contribution in [1.29, 1.82) is 5.41 Å². The predicted octanol–water partition coefficient (Wildman–Crippen LogP) is 2.45. The summed E-state index contributed by atoms with van der Waals surface area (Å²) in [6.45, 7) is 2.01. The number of ether oxygens (including phenoxy) is 2. The first-order chi connectivity index (χ1) is 17.0. The average Bonchev–Trinajstić information content (AvgIpc) is 3.49. The van der Waals surface area contributed by atoms with E-state index in [9.17, 15) is 9.59 Å². The summed E-state index contributed by atoms with van der Waals surface area (Å²) in [5.74, 6) is 1.36. The van der Waals surface area contributed by atoms with Gasteiger partial charge in [0.1, 0.15) is 22.5 Å². The van der Waals surface area contributed by atoms with Crippen LogP contribution in [0.5, 0.6) is 11.5 Å². The Morgan fingerprint density at radius 2 is 2.00 bits per heavy atom. The van der Waals surface area contributed by atoms with Gasteiger partial charge in [-0.3, -0.25) is 19.4 Å². The van der Waals surface area contributed by atoms with E-state index in [4.69, 9.17) is 19.4 Å². The van der Waals surface area contributed by atoms with E-state index in [1.165, 1.54) is 15.0 Å². The van der Waals surface area contributed by atoms with Gasteiger partial charge in [-0.1, -0.05) is 17.3 Å². The zero-order valence-electron chi connectivity index (χ0n) is 18.4. The Bertz CT molecular complexity index is 1770. The second-order valence-electron chi connectivity index (χ2n) is 8.04. The van der Waals surface area contributed by atoms with E-state index in [-0.39, 0.29) is 46.8 Å². The lowest BCUT2D eigenvalue weighted by molar-refractivity contribution is 0.102. The minimum absolute atomic E-state index is 0.00585. The maximum Gasteiger partial charge on any atom is 0.267 e. The highest BCUT2D eigenvalue weighted by atomic mass is 16.7. The van der Waals surface area contributed by atoms with Crippen LogP contribution in [-0.2, 0) is 6.54 Å². The average molecular weight is 470 g/mol. The molecule has 0 spiro atoms. The highest BCUT2D eigenvalue weighted by molar-refractivity contribution is 6.05. The van der Waals surface area contributed by atoms with Crippen molar-refractivity contribution >= 4 is 28.4 Å². The van der Waals surface area contributed by atoms with Crippen LogP contribution in [0.15, 0.2) is 64.0 Å². The summed E-state index contributed by atoms with van der Waals surface area (Å²) in [5, 5.41) is 15.5. The van der Waals surface area contributed by atoms with E-state index in [1.54, 1.807) is 49.5 Å². The first-order valence-electron chi connectivity index (χ1n) is 10.7. The lowest BCUT2D eigenvalue weighted by atomic mass is 10.1. The molecule has 0 atom stereocenters. The predicted molar refractivity (Wildman–Crippen MR) is 124 cm³/mol. The summed E-state index contributed by atoms with van der Waals surface area (Å²) in [7, 11) is 0. The Kier molecular flexibility index (Phi) is 4.62. The molecule has 1 amide bonds. The van der Waals surface area contributed by atoms with Crippen molar-refractivity contribution < 1.29 is 18.8 Å². The Morgan fingerprint density at radius 1 is 1.14 bits per heavy atom. The van der Waals surface area contributed by atoms with Crippen LogP contribution in [0, 0.1) is 12.3 Å². The van der Waals surface area contributed by atoms with Gasteiger partial charge in [0, 0.05) is 12.3 Å². The number of hydrogen-bond donors (Lipinski definition) is 2. The zero-order valence-corrected chi connectivity index (χ0v) is 18.4. The van der Waals surface area contributed by atoms with Crippen molar-refractivity contribution in [3.8, 4) is 11.5 Å². The normalized spacial score (nSPS) is 12.4. The molecule has 0 bridgehead atoms. The SMILES string of the molecule is Cc1cc(NC(=O)c2cc3c(=O)n4ccccc4nc3n(Cc3ccc4c(c3)OCO4)c2=N)no1. The smallest absolute Gasteiger partial charge is 0.267 e. The van der Waals surface area contributed by atoms with E-state index in [0.29, 0.717) is 22.9 Å². The quantitative estimate of drug-likeness (QED) is 0.385. The third-order valence-corrected chi connectivity index (χ3v) is 5.71. The molecule has 0 saturated heterocycles. The highest BCUT2D eigenvalue weighted by Gasteiger charge is 2.20. The van der Waals surface area contributed by atoms with Crippen molar-refractivity contribution in [2.75, 3.05) is 12.1 Å². The standard InChI is InChI=1S/C24H18N6O5/c1-13-8-19(28-35-13)26-23(31)15-10-16-22(27-20-4-2-3-7-29(20)24(16)32)30(21(15)25)11-14-5-6-17-18(9-14)34-12-33-17/h2-10,25H,11-12H2,1H3,(H,26,28,31). The molecule has 0 aliphatic carbocycles. The van der Waals surface area contributed by atoms with Gasteiger partial charge in [-0.2, -0.15) is 0 Å². The van der Waals surface area contributed by atoms with Gasteiger partial charge in [-0.25, -0.2) is 4.98 Å². The number of benzene rings is 1. The van der Waals surface area contributed by atoms with Crippen LogP contribution in [0.1, 0.15) is 21.7 Å². The number of carbonyl (C=O) groups is 1. The Hall–Kier alpha value is -4.93. The topological polar surface area (TPSA) is 137 Å². The molecule has 1 aliphatic rings. The summed E-state index contributed by atoms with van der Waals surface area (Å²) in [5.41, 5.74) is 1.04. The van der Waals surface area contributed by atoms with Crippen LogP contribution >= 0.6 is 0 Å². The lowest BCUT2D eigenvalue weighted by Crippen LogP contribution is -2.32. The van der Waals surface area contributed by atoms with Crippen LogP contribution < -0.4 is 25.8 Å². The Morgan fingerprint density at radius 3 is 2.83 bits per heavy atom. The number of hydrogen-bond acceptors (Lipinski definition) is 8. The molecule has 0 saturated carbocycles. The zero-order chi connectivity index (χ0) is 24.1. The number of pyridine rings is 2. The molecule has 4 aromatic heterocycles. The molecule has 35 heavy (non-hydrogen) atoms.